The third-order valence-electron chi connectivity index (χ3n) is 3.68. The molecule has 0 heterocycles. The first-order valence-corrected chi connectivity index (χ1v) is 7.53. The van der Waals surface area contributed by atoms with Crippen molar-refractivity contribution in [2.75, 3.05) is 5.75 Å². The van der Waals surface area contributed by atoms with Crippen molar-refractivity contribution in [1.29, 1.82) is 0 Å². The topological polar surface area (TPSA) is 34.1 Å². The van der Waals surface area contributed by atoms with Crippen molar-refractivity contribution >= 4 is 16.6 Å². The first-order valence-electron chi connectivity index (χ1n) is 6.14. The lowest BCUT2D eigenvalue weighted by atomic mass is 9.99. The number of ketones is 1. The zero-order valence-corrected chi connectivity index (χ0v) is 10.1. The SMILES string of the molecule is O=C1CCCC(S(=O)CC2CCCC2)C1. The molecule has 0 aliphatic heterocycles. The fourth-order valence-corrected chi connectivity index (χ4v) is 4.63. The summed E-state index contributed by atoms with van der Waals surface area (Å²) in [6.07, 6.45) is 8.40. The molecule has 2 unspecified atom stereocenters. The van der Waals surface area contributed by atoms with Crippen LogP contribution in [-0.4, -0.2) is 21.0 Å². The van der Waals surface area contributed by atoms with Crippen LogP contribution in [0.2, 0.25) is 0 Å². The molecular formula is C12H20O2S. The van der Waals surface area contributed by atoms with Crippen LogP contribution in [0.15, 0.2) is 0 Å². The Balaban J connectivity index is 1.81. The molecule has 2 rings (SSSR count). The Kier molecular flexibility index (Phi) is 3.95. The summed E-state index contributed by atoms with van der Waals surface area (Å²) in [7, 11) is -0.738. The largest absolute Gasteiger partial charge is 0.300 e. The van der Waals surface area contributed by atoms with Crippen molar-refractivity contribution in [3.05, 3.63) is 0 Å². The molecule has 0 amide bonds. The van der Waals surface area contributed by atoms with E-state index in [9.17, 15) is 9.00 Å². The highest BCUT2D eigenvalue weighted by Crippen LogP contribution is 2.28. The second-order valence-corrected chi connectivity index (χ2v) is 6.72. The van der Waals surface area contributed by atoms with Crippen molar-refractivity contribution in [3.8, 4) is 0 Å². The summed E-state index contributed by atoms with van der Waals surface area (Å²) < 4.78 is 12.1. The number of Topliss-reactive ketones (excluding diaryl/α,β-unsaturated/α-hetero) is 1. The van der Waals surface area contributed by atoms with Gasteiger partial charge in [0.1, 0.15) is 5.78 Å². The van der Waals surface area contributed by atoms with Crippen LogP contribution in [0.3, 0.4) is 0 Å². The normalized spacial score (nSPS) is 30.7. The van der Waals surface area contributed by atoms with Crippen LogP contribution in [0.4, 0.5) is 0 Å². The maximum absolute atomic E-state index is 12.1. The molecule has 0 saturated heterocycles. The Morgan fingerprint density at radius 3 is 2.53 bits per heavy atom. The van der Waals surface area contributed by atoms with E-state index in [1.54, 1.807) is 0 Å². The molecule has 2 fully saturated rings. The van der Waals surface area contributed by atoms with Gasteiger partial charge in [-0.15, -0.1) is 0 Å². The van der Waals surface area contributed by atoms with Crippen molar-refractivity contribution in [3.63, 3.8) is 0 Å². The molecule has 3 heteroatoms. The van der Waals surface area contributed by atoms with Gasteiger partial charge in [-0.2, -0.15) is 0 Å². The lowest BCUT2D eigenvalue weighted by Crippen LogP contribution is -2.27. The molecule has 0 aromatic heterocycles. The van der Waals surface area contributed by atoms with Crippen LogP contribution in [0.5, 0.6) is 0 Å². The Morgan fingerprint density at radius 1 is 1.13 bits per heavy atom. The van der Waals surface area contributed by atoms with E-state index in [-0.39, 0.29) is 5.25 Å². The molecule has 2 atom stereocenters. The van der Waals surface area contributed by atoms with Crippen LogP contribution in [0, 0.1) is 5.92 Å². The maximum atomic E-state index is 12.1. The van der Waals surface area contributed by atoms with Gasteiger partial charge in [0.05, 0.1) is 0 Å². The fraction of sp³-hybridized carbons (Fsp3) is 0.917. The second kappa shape index (κ2) is 5.24. The molecule has 2 aliphatic rings. The summed E-state index contributed by atoms with van der Waals surface area (Å²) in [4.78, 5) is 11.3. The molecule has 0 spiro atoms. The molecule has 0 bridgehead atoms. The first kappa shape index (κ1) is 11.3. The van der Waals surface area contributed by atoms with Gasteiger partial charge in [0.25, 0.3) is 0 Å². The van der Waals surface area contributed by atoms with E-state index >= 15 is 0 Å². The van der Waals surface area contributed by atoms with Gasteiger partial charge < -0.3 is 0 Å². The van der Waals surface area contributed by atoms with Crippen LogP contribution < -0.4 is 0 Å². The van der Waals surface area contributed by atoms with Gasteiger partial charge in [-0.25, -0.2) is 0 Å². The standard InChI is InChI=1S/C12H20O2S/c13-11-6-3-7-12(8-11)15(14)9-10-4-1-2-5-10/h10,12H,1-9H2. The minimum absolute atomic E-state index is 0.187. The molecule has 0 aromatic carbocycles. The highest BCUT2D eigenvalue weighted by Gasteiger charge is 2.27. The second-order valence-electron chi connectivity index (χ2n) is 4.95. The smallest absolute Gasteiger partial charge is 0.134 e. The first-order chi connectivity index (χ1) is 7.25. The van der Waals surface area contributed by atoms with E-state index in [0.717, 1.165) is 25.0 Å². The zero-order chi connectivity index (χ0) is 10.7. The van der Waals surface area contributed by atoms with E-state index in [1.165, 1.54) is 25.7 Å². The summed E-state index contributed by atoms with van der Waals surface area (Å²) >= 11 is 0. The van der Waals surface area contributed by atoms with Gasteiger partial charge in [-0.05, 0) is 31.6 Å². The van der Waals surface area contributed by atoms with Gasteiger partial charge >= 0.3 is 0 Å². The molecule has 0 aromatic rings. The van der Waals surface area contributed by atoms with E-state index < -0.39 is 10.8 Å². The molecule has 0 radical (unpaired) electrons. The van der Waals surface area contributed by atoms with Gasteiger partial charge in [0.2, 0.25) is 0 Å². The summed E-state index contributed by atoms with van der Waals surface area (Å²) in [5.41, 5.74) is 0. The van der Waals surface area contributed by atoms with Crippen LogP contribution in [0.25, 0.3) is 0 Å². The third-order valence-corrected chi connectivity index (χ3v) is 5.63. The van der Waals surface area contributed by atoms with Crippen molar-refractivity contribution < 1.29 is 9.00 Å². The van der Waals surface area contributed by atoms with Gasteiger partial charge in [-0.3, -0.25) is 9.00 Å². The minimum Gasteiger partial charge on any atom is -0.300 e. The Hall–Kier alpha value is -0.180. The number of carbonyl (C=O) groups excluding carboxylic acids is 1. The fourth-order valence-electron chi connectivity index (χ4n) is 2.75. The predicted octanol–water partition coefficient (Wildman–Crippen LogP) is 2.44. The number of hydrogen-bond donors (Lipinski definition) is 0. The number of hydrogen-bond acceptors (Lipinski definition) is 2. The summed E-state index contributed by atoms with van der Waals surface area (Å²) in [5, 5.41) is 0.187. The monoisotopic (exact) mass is 228 g/mol. The van der Waals surface area contributed by atoms with Gasteiger partial charge in [-0.1, -0.05) is 12.8 Å². The van der Waals surface area contributed by atoms with Crippen LogP contribution in [0.1, 0.15) is 51.4 Å². The maximum Gasteiger partial charge on any atom is 0.134 e. The van der Waals surface area contributed by atoms with E-state index in [1.807, 2.05) is 0 Å². The van der Waals surface area contributed by atoms with Gasteiger partial charge in [0.15, 0.2) is 0 Å². The Morgan fingerprint density at radius 2 is 1.87 bits per heavy atom. The quantitative estimate of drug-likeness (QED) is 0.743. The summed E-state index contributed by atoms with van der Waals surface area (Å²) in [6.45, 7) is 0. The lowest BCUT2D eigenvalue weighted by Gasteiger charge is -2.21. The molecule has 0 N–H and O–H groups in total. The van der Waals surface area contributed by atoms with Crippen LogP contribution >= 0.6 is 0 Å². The average Bonchev–Trinajstić information content (AvgIpc) is 2.70. The average molecular weight is 228 g/mol. The van der Waals surface area contributed by atoms with Gasteiger partial charge in [0, 0.05) is 34.6 Å². The lowest BCUT2D eigenvalue weighted by molar-refractivity contribution is -0.120. The molecule has 2 saturated carbocycles. The van der Waals surface area contributed by atoms with E-state index in [0.29, 0.717) is 18.1 Å². The van der Waals surface area contributed by atoms with Crippen LogP contribution in [-0.2, 0) is 15.6 Å². The van der Waals surface area contributed by atoms with Crippen molar-refractivity contribution in [2.45, 2.75) is 56.6 Å². The highest BCUT2D eigenvalue weighted by molar-refractivity contribution is 7.85. The summed E-state index contributed by atoms with van der Waals surface area (Å²) in [5.74, 6) is 1.87. The Bertz CT molecular complexity index is 256. The zero-order valence-electron chi connectivity index (χ0n) is 9.24. The molecule has 15 heavy (non-hydrogen) atoms. The third kappa shape index (κ3) is 3.13. The Labute approximate surface area is 94.3 Å². The summed E-state index contributed by atoms with van der Waals surface area (Å²) in [6, 6.07) is 0. The molecule has 2 aliphatic carbocycles. The van der Waals surface area contributed by atoms with E-state index in [2.05, 4.69) is 0 Å². The molecule has 2 nitrogen and oxygen atoms in total. The van der Waals surface area contributed by atoms with Crippen molar-refractivity contribution in [1.82, 2.24) is 0 Å². The van der Waals surface area contributed by atoms with Crippen molar-refractivity contribution in [2.24, 2.45) is 5.92 Å². The highest BCUT2D eigenvalue weighted by atomic mass is 32.2. The minimum atomic E-state index is -0.738. The number of rotatable bonds is 3. The van der Waals surface area contributed by atoms with E-state index in [4.69, 9.17) is 0 Å². The predicted molar refractivity (Wildman–Crippen MR) is 62.2 cm³/mol. The molecule has 86 valence electrons. The molecular weight excluding hydrogens is 208 g/mol. The number of carbonyl (C=O) groups is 1.